The number of nitro benzene ring substituents is 1. The first kappa shape index (κ1) is 15.1. The number of nitrogens with two attached hydrogens (primary N) is 1. The van der Waals surface area contributed by atoms with Gasteiger partial charge in [-0.05, 0) is 22.9 Å². The van der Waals surface area contributed by atoms with Gasteiger partial charge in [0, 0.05) is 12.1 Å². The Morgan fingerprint density at radius 1 is 1.48 bits per heavy atom. The molecule has 1 aromatic carbocycles. The normalized spacial score (nSPS) is 10.3. The van der Waals surface area contributed by atoms with Gasteiger partial charge in [0.05, 0.1) is 15.0 Å². The van der Waals surface area contributed by atoms with Gasteiger partial charge >= 0.3 is 5.69 Å². The molecule has 2 rings (SSSR count). The fourth-order valence-corrected chi connectivity index (χ4v) is 1.86. The fraction of sp³-hybridized carbons (Fsp3) is 0.0909. The number of hydrogen-bond donors (Lipinski definition) is 2. The van der Waals surface area contributed by atoms with Crippen LogP contribution >= 0.6 is 15.9 Å². The van der Waals surface area contributed by atoms with E-state index in [1.165, 1.54) is 6.33 Å². The molecule has 1 heterocycles. The van der Waals surface area contributed by atoms with Gasteiger partial charge in [-0.1, -0.05) is 0 Å². The fourth-order valence-electron chi connectivity index (χ4n) is 1.53. The first-order valence-electron chi connectivity index (χ1n) is 5.53. The van der Waals surface area contributed by atoms with Crippen LogP contribution in [0, 0.1) is 22.9 Å². The lowest BCUT2D eigenvalue weighted by Crippen LogP contribution is -2.11. The molecule has 0 aliphatic rings. The molecule has 0 fully saturated rings. The van der Waals surface area contributed by atoms with Crippen molar-refractivity contribution in [3.63, 3.8) is 0 Å². The molecule has 0 atom stereocenters. The topological polar surface area (TPSA) is 116 Å². The third-order valence-corrected chi connectivity index (χ3v) is 3.19. The van der Waals surface area contributed by atoms with Crippen LogP contribution in [0.25, 0.3) is 0 Å². The molecule has 0 amide bonds. The molecular weight excluding hydrogens is 349 g/mol. The monoisotopic (exact) mass is 357 g/mol. The van der Waals surface area contributed by atoms with Crippen LogP contribution in [-0.2, 0) is 0 Å². The highest BCUT2D eigenvalue weighted by Gasteiger charge is 2.21. The maximum Gasteiger partial charge on any atom is 0.312 e. The SMILES string of the molecule is Cc1c(NN)ncnc1Oc1cc(F)c(Br)cc1[N+](=O)[O-]. The van der Waals surface area contributed by atoms with E-state index in [9.17, 15) is 14.5 Å². The lowest BCUT2D eigenvalue weighted by molar-refractivity contribution is -0.385. The van der Waals surface area contributed by atoms with E-state index in [-0.39, 0.29) is 16.1 Å². The molecule has 110 valence electrons. The maximum atomic E-state index is 13.6. The van der Waals surface area contributed by atoms with E-state index in [4.69, 9.17) is 10.6 Å². The van der Waals surface area contributed by atoms with Crippen molar-refractivity contribution in [1.82, 2.24) is 9.97 Å². The largest absolute Gasteiger partial charge is 0.431 e. The van der Waals surface area contributed by atoms with Crippen molar-refractivity contribution in [3.05, 3.63) is 44.4 Å². The number of nitro groups is 1. The molecule has 2 aromatic rings. The van der Waals surface area contributed by atoms with E-state index in [1.807, 2.05) is 0 Å². The maximum absolute atomic E-state index is 13.6. The summed E-state index contributed by atoms with van der Waals surface area (Å²) in [5.41, 5.74) is 2.36. The van der Waals surface area contributed by atoms with E-state index in [1.54, 1.807) is 6.92 Å². The molecule has 1 aromatic heterocycles. The number of anilines is 1. The number of hydrazine groups is 1. The molecule has 10 heteroatoms. The Hall–Kier alpha value is -2.33. The molecule has 0 aliphatic carbocycles. The van der Waals surface area contributed by atoms with Crippen molar-refractivity contribution in [1.29, 1.82) is 0 Å². The van der Waals surface area contributed by atoms with Crippen LogP contribution in [-0.4, -0.2) is 14.9 Å². The summed E-state index contributed by atoms with van der Waals surface area (Å²) in [6.45, 7) is 1.60. The third-order valence-electron chi connectivity index (χ3n) is 2.58. The van der Waals surface area contributed by atoms with E-state index >= 15 is 0 Å². The molecule has 0 radical (unpaired) electrons. The summed E-state index contributed by atoms with van der Waals surface area (Å²) in [6, 6.07) is 1.92. The predicted octanol–water partition coefficient (Wildman–Crippen LogP) is 2.67. The standard InChI is InChI=1S/C11H9BrFN5O3/c1-5-10(17-14)15-4-16-11(5)21-9-3-7(13)6(12)2-8(9)18(19)20/h2-4H,14H2,1H3,(H,15,16,17). The Kier molecular flexibility index (Phi) is 4.29. The minimum Gasteiger partial charge on any atom is -0.431 e. The zero-order valence-electron chi connectivity index (χ0n) is 10.6. The van der Waals surface area contributed by atoms with Gasteiger partial charge in [0.2, 0.25) is 11.6 Å². The van der Waals surface area contributed by atoms with Crippen LogP contribution in [0.4, 0.5) is 15.9 Å². The van der Waals surface area contributed by atoms with E-state index in [0.29, 0.717) is 11.4 Å². The van der Waals surface area contributed by atoms with Crippen LogP contribution in [0.2, 0.25) is 0 Å². The zero-order chi connectivity index (χ0) is 15.6. The Morgan fingerprint density at radius 3 is 2.81 bits per heavy atom. The van der Waals surface area contributed by atoms with Crippen molar-refractivity contribution in [2.75, 3.05) is 5.43 Å². The van der Waals surface area contributed by atoms with Gasteiger partial charge in [0.15, 0.2) is 0 Å². The minimum absolute atomic E-state index is 0.0303. The van der Waals surface area contributed by atoms with Crippen LogP contribution < -0.4 is 16.0 Å². The van der Waals surface area contributed by atoms with E-state index < -0.39 is 16.4 Å². The lowest BCUT2D eigenvalue weighted by Gasteiger charge is -2.10. The molecule has 21 heavy (non-hydrogen) atoms. The molecule has 0 saturated carbocycles. The van der Waals surface area contributed by atoms with Gasteiger partial charge in [-0.2, -0.15) is 0 Å². The number of nitrogen functional groups attached to an aromatic ring is 1. The first-order chi connectivity index (χ1) is 9.93. The van der Waals surface area contributed by atoms with Gasteiger partial charge in [-0.25, -0.2) is 20.2 Å². The van der Waals surface area contributed by atoms with Gasteiger partial charge in [0.25, 0.3) is 0 Å². The van der Waals surface area contributed by atoms with Crippen LogP contribution in [0.15, 0.2) is 22.9 Å². The molecule has 0 saturated heterocycles. The quantitative estimate of drug-likeness (QED) is 0.490. The lowest BCUT2D eigenvalue weighted by atomic mass is 10.3. The second-order valence-corrected chi connectivity index (χ2v) is 4.74. The number of ether oxygens (including phenoxy) is 1. The first-order valence-corrected chi connectivity index (χ1v) is 6.32. The number of rotatable bonds is 4. The summed E-state index contributed by atoms with van der Waals surface area (Å²) in [5, 5.41) is 11.0. The molecule has 8 nitrogen and oxygen atoms in total. The highest BCUT2D eigenvalue weighted by atomic mass is 79.9. The highest BCUT2D eigenvalue weighted by Crippen LogP contribution is 2.36. The second kappa shape index (κ2) is 5.97. The zero-order valence-corrected chi connectivity index (χ0v) is 12.2. The van der Waals surface area contributed by atoms with Crippen molar-refractivity contribution in [2.24, 2.45) is 5.84 Å². The number of hydrogen-bond acceptors (Lipinski definition) is 7. The third kappa shape index (κ3) is 3.06. The summed E-state index contributed by atoms with van der Waals surface area (Å²) in [7, 11) is 0. The second-order valence-electron chi connectivity index (χ2n) is 3.89. The Balaban J connectivity index is 2.49. The summed E-state index contributed by atoms with van der Waals surface area (Å²) in [4.78, 5) is 18.0. The Bertz CT molecular complexity index is 712. The summed E-state index contributed by atoms with van der Waals surface area (Å²) >= 11 is 2.88. The van der Waals surface area contributed by atoms with Gasteiger partial charge < -0.3 is 10.2 Å². The Morgan fingerprint density at radius 2 is 2.19 bits per heavy atom. The average Bonchev–Trinajstić information content (AvgIpc) is 2.44. The number of nitrogens with zero attached hydrogens (tertiary/aromatic N) is 3. The van der Waals surface area contributed by atoms with Gasteiger partial charge in [0.1, 0.15) is 18.0 Å². The molecule has 0 aliphatic heterocycles. The molecule has 0 spiro atoms. The summed E-state index contributed by atoms with van der Waals surface area (Å²) in [5.74, 6) is 4.62. The van der Waals surface area contributed by atoms with Gasteiger partial charge in [-0.3, -0.25) is 10.1 Å². The highest BCUT2D eigenvalue weighted by molar-refractivity contribution is 9.10. The summed E-state index contributed by atoms with van der Waals surface area (Å²) in [6.07, 6.45) is 1.17. The van der Waals surface area contributed by atoms with Crippen molar-refractivity contribution >= 4 is 27.4 Å². The molecule has 3 N–H and O–H groups in total. The Labute approximate surface area is 126 Å². The van der Waals surface area contributed by atoms with E-state index in [2.05, 4.69) is 31.3 Å². The van der Waals surface area contributed by atoms with Crippen molar-refractivity contribution in [2.45, 2.75) is 6.92 Å². The van der Waals surface area contributed by atoms with Crippen LogP contribution in [0.1, 0.15) is 5.56 Å². The molecule has 0 unspecified atom stereocenters. The minimum atomic E-state index is -0.695. The number of benzene rings is 1. The average molecular weight is 358 g/mol. The molecule has 0 bridgehead atoms. The predicted molar refractivity (Wildman–Crippen MR) is 75.4 cm³/mol. The van der Waals surface area contributed by atoms with Gasteiger partial charge in [-0.15, -0.1) is 0 Å². The van der Waals surface area contributed by atoms with Crippen molar-refractivity contribution in [3.8, 4) is 11.6 Å². The van der Waals surface area contributed by atoms with Crippen LogP contribution in [0.3, 0.4) is 0 Å². The summed E-state index contributed by atoms with van der Waals surface area (Å²) < 4.78 is 18.9. The molecular formula is C11H9BrFN5O3. The number of nitrogens with one attached hydrogen (secondary N) is 1. The van der Waals surface area contributed by atoms with Crippen molar-refractivity contribution < 1.29 is 14.1 Å². The number of halogens is 2. The van der Waals surface area contributed by atoms with E-state index in [0.717, 1.165) is 12.1 Å². The number of aromatic nitrogens is 2. The van der Waals surface area contributed by atoms with Crippen LogP contribution in [0.5, 0.6) is 11.6 Å². The smallest absolute Gasteiger partial charge is 0.312 e.